The van der Waals surface area contributed by atoms with Gasteiger partial charge in [-0.05, 0) is 26.3 Å². The van der Waals surface area contributed by atoms with E-state index in [1.54, 1.807) is 0 Å². The van der Waals surface area contributed by atoms with E-state index in [1.807, 2.05) is 45.0 Å². The minimum absolute atomic E-state index is 0.0608. The standard InChI is InChI=1S/C15H22N2O2/c1-10(2)16-15(19)9-14(17-12(4)18)13-7-5-11(3)6-8-13/h5-8,10,14H,9H2,1-4H3,(H,16,19)(H,17,18)/t14-/m1/s1. The Labute approximate surface area is 114 Å². The molecule has 0 aromatic heterocycles. The fraction of sp³-hybridized carbons (Fsp3) is 0.467. The average molecular weight is 262 g/mol. The molecule has 0 unspecified atom stereocenters. The lowest BCUT2D eigenvalue weighted by atomic mass is 10.0. The lowest BCUT2D eigenvalue weighted by Crippen LogP contribution is -2.35. The van der Waals surface area contributed by atoms with E-state index < -0.39 is 0 Å². The Morgan fingerprint density at radius 2 is 1.68 bits per heavy atom. The van der Waals surface area contributed by atoms with Crippen molar-refractivity contribution in [3.63, 3.8) is 0 Å². The van der Waals surface area contributed by atoms with Crippen molar-refractivity contribution in [3.8, 4) is 0 Å². The zero-order valence-corrected chi connectivity index (χ0v) is 12.0. The zero-order chi connectivity index (χ0) is 14.4. The first-order valence-electron chi connectivity index (χ1n) is 6.51. The van der Waals surface area contributed by atoms with Crippen LogP contribution in [0.1, 0.15) is 44.4 Å². The molecule has 19 heavy (non-hydrogen) atoms. The first-order valence-corrected chi connectivity index (χ1v) is 6.51. The van der Waals surface area contributed by atoms with Crippen molar-refractivity contribution >= 4 is 11.8 Å². The number of nitrogens with one attached hydrogen (secondary N) is 2. The largest absolute Gasteiger partial charge is 0.354 e. The lowest BCUT2D eigenvalue weighted by Gasteiger charge is -2.19. The van der Waals surface area contributed by atoms with E-state index in [4.69, 9.17) is 0 Å². The highest BCUT2D eigenvalue weighted by Gasteiger charge is 2.17. The molecule has 1 aromatic rings. The Kier molecular flexibility index (Phi) is 5.55. The molecule has 0 saturated heterocycles. The average Bonchev–Trinajstić information content (AvgIpc) is 2.27. The second kappa shape index (κ2) is 6.92. The van der Waals surface area contributed by atoms with Crippen LogP contribution in [0.15, 0.2) is 24.3 Å². The van der Waals surface area contributed by atoms with Gasteiger partial charge in [0, 0.05) is 13.0 Å². The fourth-order valence-corrected chi connectivity index (χ4v) is 1.86. The third-order valence-corrected chi connectivity index (χ3v) is 2.70. The molecule has 0 saturated carbocycles. The lowest BCUT2D eigenvalue weighted by molar-refractivity contribution is -0.123. The van der Waals surface area contributed by atoms with Gasteiger partial charge in [-0.2, -0.15) is 0 Å². The number of hydrogen-bond acceptors (Lipinski definition) is 2. The quantitative estimate of drug-likeness (QED) is 0.853. The molecule has 4 nitrogen and oxygen atoms in total. The van der Waals surface area contributed by atoms with Gasteiger partial charge in [-0.15, -0.1) is 0 Å². The molecule has 0 aliphatic rings. The van der Waals surface area contributed by atoms with E-state index in [0.29, 0.717) is 0 Å². The Morgan fingerprint density at radius 1 is 1.11 bits per heavy atom. The highest BCUT2D eigenvalue weighted by Crippen LogP contribution is 2.17. The Hall–Kier alpha value is -1.84. The molecule has 0 bridgehead atoms. The minimum atomic E-state index is -0.281. The number of benzene rings is 1. The van der Waals surface area contributed by atoms with Gasteiger partial charge in [-0.3, -0.25) is 9.59 Å². The van der Waals surface area contributed by atoms with Gasteiger partial charge in [0.25, 0.3) is 0 Å². The van der Waals surface area contributed by atoms with Crippen LogP contribution in [0.2, 0.25) is 0 Å². The number of aryl methyl sites for hydroxylation is 1. The maximum Gasteiger partial charge on any atom is 0.222 e. The molecular weight excluding hydrogens is 240 g/mol. The third kappa shape index (κ3) is 5.55. The van der Waals surface area contributed by atoms with Gasteiger partial charge < -0.3 is 10.6 Å². The van der Waals surface area contributed by atoms with Crippen LogP contribution in [0, 0.1) is 6.92 Å². The van der Waals surface area contributed by atoms with E-state index in [1.165, 1.54) is 6.92 Å². The summed E-state index contributed by atoms with van der Waals surface area (Å²) >= 11 is 0. The molecule has 2 N–H and O–H groups in total. The topological polar surface area (TPSA) is 58.2 Å². The zero-order valence-electron chi connectivity index (χ0n) is 12.0. The Balaban J connectivity index is 2.79. The van der Waals surface area contributed by atoms with Crippen molar-refractivity contribution in [2.24, 2.45) is 0 Å². The maximum atomic E-state index is 11.8. The number of carbonyl (C=O) groups excluding carboxylic acids is 2. The van der Waals surface area contributed by atoms with E-state index in [-0.39, 0.29) is 30.3 Å². The summed E-state index contributed by atoms with van der Waals surface area (Å²) in [4.78, 5) is 23.1. The van der Waals surface area contributed by atoms with Crippen LogP contribution < -0.4 is 10.6 Å². The summed E-state index contributed by atoms with van der Waals surface area (Å²) in [5.41, 5.74) is 2.09. The molecular formula is C15H22N2O2. The van der Waals surface area contributed by atoms with Crippen molar-refractivity contribution in [2.75, 3.05) is 0 Å². The molecule has 2 amide bonds. The molecule has 0 heterocycles. The molecule has 0 spiro atoms. The normalized spacial score (nSPS) is 12.1. The molecule has 1 atom stereocenters. The van der Waals surface area contributed by atoms with Crippen LogP contribution >= 0.6 is 0 Å². The summed E-state index contributed by atoms with van der Waals surface area (Å²) < 4.78 is 0. The van der Waals surface area contributed by atoms with Gasteiger partial charge in [0.15, 0.2) is 0 Å². The van der Waals surface area contributed by atoms with Gasteiger partial charge in [-0.1, -0.05) is 29.8 Å². The van der Waals surface area contributed by atoms with Crippen LogP contribution in [-0.4, -0.2) is 17.9 Å². The van der Waals surface area contributed by atoms with Crippen LogP contribution in [-0.2, 0) is 9.59 Å². The molecule has 0 radical (unpaired) electrons. The Morgan fingerprint density at radius 3 is 2.16 bits per heavy atom. The molecule has 4 heteroatoms. The van der Waals surface area contributed by atoms with Crippen molar-refractivity contribution in [2.45, 2.75) is 46.2 Å². The van der Waals surface area contributed by atoms with Crippen LogP contribution in [0.25, 0.3) is 0 Å². The van der Waals surface area contributed by atoms with Crippen LogP contribution in [0.4, 0.5) is 0 Å². The number of carbonyl (C=O) groups is 2. The summed E-state index contributed by atoms with van der Waals surface area (Å²) in [6.45, 7) is 7.29. The summed E-state index contributed by atoms with van der Waals surface area (Å²) in [5.74, 6) is -0.197. The fourth-order valence-electron chi connectivity index (χ4n) is 1.86. The van der Waals surface area contributed by atoms with Gasteiger partial charge in [-0.25, -0.2) is 0 Å². The highest BCUT2D eigenvalue weighted by atomic mass is 16.2. The summed E-state index contributed by atoms with van der Waals surface area (Å²) in [5, 5.41) is 5.66. The molecule has 104 valence electrons. The molecule has 1 rings (SSSR count). The predicted molar refractivity (Wildman–Crippen MR) is 75.6 cm³/mol. The van der Waals surface area contributed by atoms with E-state index in [2.05, 4.69) is 10.6 Å². The first kappa shape index (κ1) is 15.2. The maximum absolute atomic E-state index is 11.8. The Bertz CT molecular complexity index is 438. The van der Waals surface area contributed by atoms with Crippen molar-refractivity contribution in [3.05, 3.63) is 35.4 Å². The van der Waals surface area contributed by atoms with Crippen LogP contribution in [0.3, 0.4) is 0 Å². The SMILES string of the molecule is CC(=O)N[C@H](CC(=O)NC(C)C)c1ccc(C)cc1. The molecule has 0 aliphatic heterocycles. The van der Waals surface area contributed by atoms with E-state index in [9.17, 15) is 9.59 Å². The van der Waals surface area contributed by atoms with Crippen molar-refractivity contribution < 1.29 is 9.59 Å². The summed E-state index contributed by atoms with van der Waals surface area (Å²) in [6.07, 6.45) is 0.251. The second-order valence-corrected chi connectivity index (χ2v) is 5.09. The predicted octanol–water partition coefficient (Wildman–Crippen LogP) is 2.09. The van der Waals surface area contributed by atoms with Gasteiger partial charge in [0.2, 0.25) is 11.8 Å². The van der Waals surface area contributed by atoms with E-state index in [0.717, 1.165) is 11.1 Å². The van der Waals surface area contributed by atoms with Gasteiger partial charge in [0.1, 0.15) is 0 Å². The number of hydrogen-bond donors (Lipinski definition) is 2. The van der Waals surface area contributed by atoms with E-state index >= 15 is 0 Å². The minimum Gasteiger partial charge on any atom is -0.354 e. The summed E-state index contributed by atoms with van der Waals surface area (Å²) in [6, 6.07) is 7.66. The third-order valence-electron chi connectivity index (χ3n) is 2.70. The van der Waals surface area contributed by atoms with Gasteiger partial charge >= 0.3 is 0 Å². The van der Waals surface area contributed by atoms with Crippen LogP contribution in [0.5, 0.6) is 0 Å². The van der Waals surface area contributed by atoms with Crippen molar-refractivity contribution in [1.82, 2.24) is 10.6 Å². The second-order valence-electron chi connectivity index (χ2n) is 5.09. The summed E-state index contributed by atoms with van der Waals surface area (Å²) in [7, 11) is 0. The number of amides is 2. The molecule has 0 fully saturated rings. The number of rotatable bonds is 5. The molecule has 1 aromatic carbocycles. The molecule has 0 aliphatic carbocycles. The first-order chi connectivity index (χ1) is 8.88. The smallest absolute Gasteiger partial charge is 0.222 e. The monoisotopic (exact) mass is 262 g/mol. The highest BCUT2D eigenvalue weighted by molar-refractivity contribution is 5.79. The van der Waals surface area contributed by atoms with Gasteiger partial charge in [0.05, 0.1) is 12.5 Å². The van der Waals surface area contributed by atoms with Crippen molar-refractivity contribution in [1.29, 1.82) is 0 Å².